The number of amides is 3. The highest BCUT2D eigenvalue weighted by atomic mass is 16.6. The van der Waals surface area contributed by atoms with E-state index in [1.54, 1.807) is 32.6 Å². The fraction of sp³-hybridized carbons (Fsp3) is 0.654. The highest BCUT2D eigenvalue weighted by Gasteiger charge is 2.34. The molecule has 0 bridgehead atoms. The Bertz CT molecular complexity index is 771. The number of hydrogen-bond acceptors (Lipinski definition) is 4. The van der Waals surface area contributed by atoms with Gasteiger partial charge in [0.1, 0.15) is 17.7 Å². The van der Waals surface area contributed by atoms with Crippen LogP contribution >= 0.6 is 0 Å². The average Bonchev–Trinajstić information content (AvgIpc) is 2.70. The molecule has 3 amide bonds. The van der Waals surface area contributed by atoms with Crippen molar-refractivity contribution >= 4 is 17.9 Å². The average molecular weight is 462 g/mol. The lowest BCUT2D eigenvalue weighted by molar-refractivity contribution is -0.142. The molecule has 0 aliphatic heterocycles. The van der Waals surface area contributed by atoms with Gasteiger partial charge in [-0.15, -0.1) is 0 Å². The van der Waals surface area contributed by atoms with Crippen molar-refractivity contribution in [3.63, 3.8) is 0 Å². The van der Waals surface area contributed by atoms with Crippen molar-refractivity contribution in [3.8, 4) is 0 Å². The maximum atomic E-state index is 13.5. The van der Waals surface area contributed by atoms with E-state index in [2.05, 4.69) is 17.6 Å². The van der Waals surface area contributed by atoms with E-state index in [0.717, 1.165) is 36.8 Å². The van der Waals surface area contributed by atoms with Crippen LogP contribution in [0, 0.1) is 6.92 Å². The van der Waals surface area contributed by atoms with Gasteiger partial charge in [0.2, 0.25) is 11.8 Å². The first-order valence-corrected chi connectivity index (χ1v) is 12.1. The minimum absolute atomic E-state index is 0.00381. The number of benzene rings is 1. The largest absolute Gasteiger partial charge is 0.444 e. The van der Waals surface area contributed by atoms with Crippen molar-refractivity contribution < 1.29 is 19.1 Å². The van der Waals surface area contributed by atoms with E-state index in [1.165, 1.54) is 0 Å². The number of nitrogens with one attached hydrogen (secondary N) is 2. The Balaban J connectivity index is 3.26. The highest BCUT2D eigenvalue weighted by Crippen LogP contribution is 2.24. The molecule has 1 aromatic carbocycles. The Kier molecular flexibility index (Phi) is 11.4. The van der Waals surface area contributed by atoms with Crippen LogP contribution in [0.2, 0.25) is 0 Å². The molecule has 0 aliphatic rings. The van der Waals surface area contributed by atoms with Crippen LogP contribution in [-0.2, 0) is 14.3 Å². The smallest absolute Gasteiger partial charge is 0.408 e. The number of carbonyl (C=O) groups is 3. The SMILES string of the molecule is CCCCN(C(=O)C(C)NC(=O)OC(C)(C)C)C(C(=O)NC(C)CCC)c1ccc(C)cc1. The van der Waals surface area contributed by atoms with Crippen molar-refractivity contribution in [2.45, 2.75) is 105 Å². The Morgan fingerprint density at radius 2 is 1.61 bits per heavy atom. The molecule has 33 heavy (non-hydrogen) atoms. The summed E-state index contributed by atoms with van der Waals surface area (Å²) in [6.45, 7) is 15.4. The molecule has 0 saturated carbocycles. The molecule has 0 saturated heterocycles. The predicted molar refractivity (Wildman–Crippen MR) is 132 cm³/mol. The number of carbonyl (C=O) groups excluding carboxylic acids is 3. The predicted octanol–water partition coefficient (Wildman–Crippen LogP) is 4.88. The molecule has 0 heterocycles. The topological polar surface area (TPSA) is 87.7 Å². The molecule has 186 valence electrons. The Morgan fingerprint density at radius 3 is 2.12 bits per heavy atom. The van der Waals surface area contributed by atoms with E-state index in [-0.39, 0.29) is 17.9 Å². The van der Waals surface area contributed by atoms with Crippen LogP contribution in [-0.4, -0.2) is 47.0 Å². The zero-order valence-electron chi connectivity index (χ0n) is 21.7. The molecule has 1 rings (SSSR count). The van der Waals surface area contributed by atoms with E-state index < -0.39 is 23.8 Å². The van der Waals surface area contributed by atoms with Gasteiger partial charge < -0.3 is 20.3 Å². The Morgan fingerprint density at radius 1 is 1.00 bits per heavy atom. The Labute approximate surface area is 199 Å². The molecule has 0 fully saturated rings. The molecule has 3 atom stereocenters. The summed E-state index contributed by atoms with van der Waals surface area (Å²) in [7, 11) is 0. The maximum Gasteiger partial charge on any atom is 0.408 e. The van der Waals surface area contributed by atoms with Crippen molar-refractivity contribution in [2.75, 3.05) is 6.54 Å². The van der Waals surface area contributed by atoms with Crippen LogP contribution in [0.3, 0.4) is 0 Å². The van der Waals surface area contributed by atoms with Crippen LogP contribution in [0.25, 0.3) is 0 Å². The van der Waals surface area contributed by atoms with Gasteiger partial charge in [0, 0.05) is 12.6 Å². The molecular formula is C26H43N3O4. The van der Waals surface area contributed by atoms with Gasteiger partial charge in [0.05, 0.1) is 0 Å². The lowest BCUT2D eigenvalue weighted by atomic mass is 10.0. The molecule has 2 N–H and O–H groups in total. The van der Waals surface area contributed by atoms with Gasteiger partial charge in [0.25, 0.3) is 0 Å². The molecule has 0 aromatic heterocycles. The van der Waals surface area contributed by atoms with E-state index in [0.29, 0.717) is 6.54 Å². The molecule has 0 aliphatic carbocycles. The van der Waals surface area contributed by atoms with Crippen LogP contribution in [0.1, 0.15) is 91.3 Å². The first-order valence-electron chi connectivity index (χ1n) is 12.1. The summed E-state index contributed by atoms with van der Waals surface area (Å²) in [4.78, 5) is 40.8. The summed E-state index contributed by atoms with van der Waals surface area (Å²) in [5.41, 5.74) is 1.15. The van der Waals surface area contributed by atoms with Crippen molar-refractivity contribution in [3.05, 3.63) is 35.4 Å². The van der Waals surface area contributed by atoms with Crippen LogP contribution in [0.5, 0.6) is 0 Å². The van der Waals surface area contributed by atoms with Crippen molar-refractivity contribution in [1.29, 1.82) is 0 Å². The van der Waals surface area contributed by atoms with Gasteiger partial charge in [-0.25, -0.2) is 4.79 Å². The van der Waals surface area contributed by atoms with E-state index in [1.807, 2.05) is 45.0 Å². The van der Waals surface area contributed by atoms with E-state index in [4.69, 9.17) is 4.74 Å². The van der Waals surface area contributed by atoms with Gasteiger partial charge in [-0.05, 0) is 59.9 Å². The molecule has 7 nitrogen and oxygen atoms in total. The molecule has 3 unspecified atom stereocenters. The summed E-state index contributed by atoms with van der Waals surface area (Å²) < 4.78 is 5.30. The van der Waals surface area contributed by atoms with E-state index >= 15 is 0 Å². The van der Waals surface area contributed by atoms with Gasteiger partial charge in [-0.3, -0.25) is 9.59 Å². The monoisotopic (exact) mass is 461 g/mol. The summed E-state index contributed by atoms with van der Waals surface area (Å²) in [5, 5.41) is 5.70. The normalized spacial score (nSPS) is 14.1. The van der Waals surface area contributed by atoms with E-state index in [9.17, 15) is 14.4 Å². The molecule has 1 aromatic rings. The first-order chi connectivity index (χ1) is 15.4. The number of unbranched alkanes of at least 4 members (excludes halogenated alkanes) is 1. The fourth-order valence-corrected chi connectivity index (χ4v) is 3.54. The van der Waals surface area contributed by atoms with Gasteiger partial charge in [-0.1, -0.05) is 56.5 Å². The third-order valence-corrected chi connectivity index (χ3v) is 5.20. The number of alkyl carbamates (subject to hydrolysis) is 1. The number of ether oxygens (including phenoxy) is 1. The summed E-state index contributed by atoms with van der Waals surface area (Å²) >= 11 is 0. The standard InChI is InChI=1S/C26H43N3O4/c1-9-11-17-29(24(31)20(5)28-25(32)33-26(6,7)8)22(21-15-13-18(3)14-16-21)23(30)27-19(4)12-10-2/h13-16,19-20,22H,9-12,17H2,1-8H3,(H,27,30)(H,28,32). The quantitative estimate of drug-likeness (QED) is 0.491. The second kappa shape index (κ2) is 13.2. The summed E-state index contributed by atoms with van der Waals surface area (Å²) in [5.74, 6) is -0.535. The lowest BCUT2D eigenvalue weighted by Crippen LogP contribution is -2.52. The van der Waals surface area contributed by atoms with Crippen molar-refractivity contribution in [1.82, 2.24) is 15.5 Å². The van der Waals surface area contributed by atoms with Gasteiger partial charge >= 0.3 is 6.09 Å². The molecule has 0 radical (unpaired) electrons. The Hall–Kier alpha value is -2.57. The zero-order valence-corrected chi connectivity index (χ0v) is 21.7. The van der Waals surface area contributed by atoms with Crippen LogP contribution < -0.4 is 10.6 Å². The summed E-state index contributed by atoms with van der Waals surface area (Å²) in [6, 6.07) is 6.03. The van der Waals surface area contributed by atoms with Crippen LogP contribution in [0.4, 0.5) is 4.79 Å². The number of aryl methyl sites for hydroxylation is 1. The third kappa shape index (κ3) is 9.84. The second-order valence-electron chi connectivity index (χ2n) is 9.76. The lowest BCUT2D eigenvalue weighted by Gasteiger charge is -2.34. The minimum atomic E-state index is -0.842. The molecule has 0 spiro atoms. The zero-order chi connectivity index (χ0) is 25.2. The second-order valence-corrected chi connectivity index (χ2v) is 9.76. The number of rotatable bonds is 11. The third-order valence-electron chi connectivity index (χ3n) is 5.20. The first kappa shape index (κ1) is 28.5. The minimum Gasteiger partial charge on any atom is -0.444 e. The van der Waals surface area contributed by atoms with Crippen LogP contribution in [0.15, 0.2) is 24.3 Å². The number of hydrogen-bond donors (Lipinski definition) is 2. The maximum absolute atomic E-state index is 13.5. The number of nitrogens with zero attached hydrogens (tertiary/aromatic N) is 1. The highest BCUT2D eigenvalue weighted by molar-refractivity contribution is 5.92. The fourth-order valence-electron chi connectivity index (χ4n) is 3.54. The molecular weight excluding hydrogens is 418 g/mol. The van der Waals surface area contributed by atoms with Gasteiger partial charge in [-0.2, -0.15) is 0 Å². The molecule has 7 heteroatoms. The van der Waals surface area contributed by atoms with Crippen molar-refractivity contribution in [2.24, 2.45) is 0 Å². The summed E-state index contributed by atoms with van der Waals surface area (Å²) in [6.07, 6.45) is 2.75. The van der Waals surface area contributed by atoms with Gasteiger partial charge in [0.15, 0.2) is 0 Å².